The molecule has 0 saturated carbocycles. The zero-order chi connectivity index (χ0) is 27.2. The second kappa shape index (κ2) is 17.1. The highest BCUT2D eigenvalue weighted by Gasteiger charge is 2.20. The van der Waals surface area contributed by atoms with Crippen molar-refractivity contribution in [3.63, 3.8) is 0 Å². The van der Waals surface area contributed by atoms with E-state index in [0.29, 0.717) is 22.1 Å². The standard InChI is InChI=1S/C33H46Cl2N2O/c1-3-5-7-9-11-16-20-37(21-17-12-10-8-6-4-2)25-32(38)28-24-31(26-18-14-13-15-19-26)36-33-29(28)22-27(34)23-30(33)35/h13-15,18-19,22-24,32,38H,3-12,16-17,20-21,25H2,1-2H3. The Labute approximate surface area is 240 Å². The molecule has 0 aliphatic heterocycles. The summed E-state index contributed by atoms with van der Waals surface area (Å²) >= 11 is 13.0. The van der Waals surface area contributed by atoms with Crippen LogP contribution in [0.15, 0.2) is 48.5 Å². The first-order valence-corrected chi connectivity index (χ1v) is 15.5. The molecule has 0 spiro atoms. The Hall–Kier alpha value is -1.65. The maximum absolute atomic E-state index is 11.6. The summed E-state index contributed by atoms with van der Waals surface area (Å²) in [7, 11) is 0. The summed E-state index contributed by atoms with van der Waals surface area (Å²) in [4.78, 5) is 7.33. The number of rotatable bonds is 18. The first-order valence-electron chi connectivity index (χ1n) is 14.8. The van der Waals surface area contributed by atoms with Crippen LogP contribution < -0.4 is 0 Å². The summed E-state index contributed by atoms with van der Waals surface area (Å²) in [6.45, 7) is 7.16. The molecule has 0 aliphatic carbocycles. The van der Waals surface area contributed by atoms with Crippen LogP contribution in [0.4, 0.5) is 0 Å². The summed E-state index contributed by atoms with van der Waals surface area (Å²) in [5.74, 6) is 0. The molecule has 0 aliphatic rings. The number of pyridine rings is 1. The fraction of sp³-hybridized carbons (Fsp3) is 0.545. The molecule has 1 atom stereocenters. The Morgan fingerprint density at radius 3 is 1.95 bits per heavy atom. The normalized spacial score (nSPS) is 12.5. The lowest BCUT2D eigenvalue weighted by Crippen LogP contribution is -2.31. The molecule has 1 N–H and O–H groups in total. The smallest absolute Gasteiger partial charge is 0.0924 e. The van der Waals surface area contributed by atoms with E-state index >= 15 is 0 Å². The van der Waals surface area contributed by atoms with Gasteiger partial charge in [-0.1, -0.05) is 132 Å². The van der Waals surface area contributed by atoms with Gasteiger partial charge in [0.25, 0.3) is 0 Å². The highest BCUT2D eigenvalue weighted by Crippen LogP contribution is 2.35. The number of unbranched alkanes of at least 4 members (excludes halogenated alkanes) is 10. The molecule has 2 aromatic carbocycles. The largest absolute Gasteiger partial charge is 0.387 e. The van der Waals surface area contributed by atoms with Gasteiger partial charge >= 0.3 is 0 Å². The predicted molar refractivity (Wildman–Crippen MR) is 165 cm³/mol. The number of hydrogen-bond acceptors (Lipinski definition) is 3. The number of halogens is 2. The number of fused-ring (bicyclic) bond motifs is 1. The minimum Gasteiger partial charge on any atom is -0.387 e. The summed E-state index contributed by atoms with van der Waals surface area (Å²) in [6.07, 6.45) is 14.6. The maximum Gasteiger partial charge on any atom is 0.0924 e. The highest BCUT2D eigenvalue weighted by atomic mass is 35.5. The lowest BCUT2D eigenvalue weighted by atomic mass is 9.99. The number of aromatic nitrogens is 1. The minimum atomic E-state index is -0.655. The van der Waals surface area contributed by atoms with Crippen molar-refractivity contribution < 1.29 is 5.11 Å². The highest BCUT2D eigenvalue weighted by molar-refractivity contribution is 6.38. The Balaban J connectivity index is 1.79. The number of aliphatic hydroxyl groups is 1. The van der Waals surface area contributed by atoms with E-state index in [1.807, 2.05) is 42.5 Å². The van der Waals surface area contributed by atoms with Gasteiger partial charge in [0.2, 0.25) is 0 Å². The van der Waals surface area contributed by atoms with Crippen LogP contribution >= 0.6 is 23.2 Å². The van der Waals surface area contributed by atoms with E-state index in [-0.39, 0.29) is 0 Å². The SMILES string of the molecule is CCCCCCCCN(CCCCCCCC)CC(O)c1cc(-c2ccccc2)nc2c(Cl)cc(Cl)cc12. The lowest BCUT2D eigenvalue weighted by Gasteiger charge is -2.26. The van der Waals surface area contributed by atoms with Crippen LogP contribution in [0.5, 0.6) is 0 Å². The van der Waals surface area contributed by atoms with E-state index in [2.05, 4.69) is 18.7 Å². The number of nitrogens with zero attached hydrogens (tertiary/aromatic N) is 2. The average Bonchev–Trinajstić information content (AvgIpc) is 2.92. The van der Waals surface area contributed by atoms with Gasteiger partial charge < -0.3 is 10.0 Å². The van der Waals surface area contributed by atoms with Gasteiger partial charge in [-0.05, 0) is 49.7 Å². The van der Waals surface area contributed by atoms with Gasteiger partial charge in [0, 0.05) is 22.5 Å². The zero-order valence-electron chi connectivity index (χ0n) is 23.4. The summed E-state index contributed by atoms with van der Waals surface area (Å²) in [5.41, 5.74) is 3.35. The quantitative estimate of drug-likeness (QED) is 0.158. The van der Waals surface area contributed by atoms with Gasteiger partial charge in [-0.25, -0.2) is 4.98 Å². The molecular weight excluding hydrogens is 511 g/mol. The molecule has 5 heteroatoms. The summed E-state index contributed by atoms with van der Waals surface area (Å²) in [5, 5.41) is 13.5. The molecule has 0 saturated heterocycles. The fourth-order valence-electron chi connectivity index (χ4n) is 5.18. The Morgan fingerprint density at radius 2 is 1.34 bits per heavy atom. The Bertz CT molecular complexity index is 1070. The van der Waals surface area contributed by atoms with Crippen molar-refractivity contribution in [1.82, 2.24) is 9.88 Å². The Kier molecular flexibility index (Phi) is 13.9. The molecule has 0 bridgehead atoms. The van der Waals surface area contributed by atoms with Gasteiger partial charge in [-0.3, -0.25) is 0 Å². The fourth-order valence-corrected chi connectivity index (χ4v) is 5.71. The summed E-state index contributed by atoms with van der Waals surface area (Å²) < 4.78 is 0. The van der Waals surface area contributed by atoms with Crippen LogP contribution in [0.2, 0.25) is 10.0 Å². The van der Waals surface area contributed by atoms with Crippen LogP contribution in [-0.4, -0.2) is 34.6 Å². The molecular formula is C33H46Cl2N2O. The van der Waals surface area contributed by atoms with Crippen LogP contribution in [0.1, 0.15) is 103 Å². The molecule has 3 aromatic rings. The third-order valence-corrected chi connectivity index (χ3v) is 7.89. The first-order chi connectivity index (χ1) is 18.5. The van der Waals surface area contributed by atoms with Crippen molar-refractivity contribution in [2.24, 2.45) is 0 Å². The molecule has 1 heterocycles. The molecule has 3 nitrogen and oxygen atoms in total. The van der Waals surface area contributed by atoms with Crippen molar-refractivity contribution in [3.8, 4) is 11.3 Å². The monoisotopic (exact) mass is 556 g/mol. The molecule has 0 fully saturated rings. The second-order valence-electron chi connectivity index (χ2n) is 10.6. The van der Waals surface area contributed by atoms with E-state index in [4.69, 9.17) is 28.2 Å². The van der Waals surface area contributed by atoms with E-state index in [9.17, 15) is 5.11 Å². The van der Waals surface area contributed by atoms with Gasteiger partial charge in [0.15, 0.2) is 0 Å². The Morgan fingerprint density at radius 1 is 0.763 bits per heavy atom. The van der Waals surface area contributed by atoms with E-state index in [1.165, 1.54) is 77.0 Å². The number of aliphatic hydroxyl groups excluding tert-OH is 1. The van der Waals surface area contributed by atoms with Crippen LogP contribution in [0.25, 0.3) is 22.2 Å². The number of hydrogen-bond donors (Lipinski definition) is 1. The van der Waals surface area contributed by atoms with Gasteiger partial charge in [0.05, 0.1) is 22.3 Å². The van der Waals surface area contributed by atoms with Gasteiger partial charge in [0.1, 0.15) is 0 Å². The van der Waals surface area contributed by atoms with E-state index in [1.54, 1.807) is 6.07 Å². The zero-order valence-corrected chi connectivity index (χ0v) is 24.9. The molecule has 208 valence electrons. The maximum atomic E-state index is 11.6. The minimum absolute atomic E-state index is 0.509. The third-order valence-electron chi connectivity index (χ3n) is 7.38. The second-order valence-corrected chi connectivity index (χ2v) is 11.4. The summed E-state index contributed by atoms with van der Waals surface area (Å²) in [6, 6.07) is 15.7. The molecule has 38 heavy (non-hydrogen) atoms. The average molecular weight is 558 g/mol. The third kappa shape index (κ3) is 9.83. The number of benzene rings is 2. The molecule has 3 rings (SSSR count). The van der Waals surface area contributed by atoms with Gasteiger partial charge in [-0.2, -0.15) is 0 Å². The van der Waals surface area contributed by atoms with E-state index < -0.39 is 6.10 Å². The van der Waals surface area contributed by atoms with Crippen LogP contribution in [-0.2, 0) is 0 Å². The van der Waals surface area contributed by atoms with Crippen LogP contribution in [0.3, 0.4) is 0 Å². The molecule has 1 unspecified atom stereocenters. The predicted octanol–water partition coefficient (Wildman–Crippen LogP) is 10.3. The van der Waals surface area contributed by atoms with Crippen molar-refractivity contribution in [2.75, 3.05) is 19.6 Å². The lowest BCUT2D eigenvalue weighted by molar-refractivity contribution is 0.111. The van der Waals surface area contributed by atoms with Gasteiger partial charge in [-0.15, -0.1) is 0 Å². The van der Waals surface area contributed by atoms with Crippen LogP contribution in [0, 0.1) is 0 Å². The van der Waals surface area contributed by atoms with Crippen molar-refractivity contribution >= 4 is 34.1 Å². The molecule has 1 aromatic heterocycles. The van der Waals surface area contributed by atoms with Crippen molar-refractivity contribution in [2.45, 2.75) is 97.0 Å². The van der Waals surface area contributed by atoms with Crippen molar-refractivity contribution in [3.05, 3.63) is 64.1 Å². The molecule has 0 radical (unpaired) electrons. The van der Waals surface area contributed by atoms with E-state index in [0.717, 1.165) is 35.3 Å². The van der Waals surface area contributed by atoms with Crippen molar-refractivity contribution in [1.29, 1.82) is 0 Å². The topological polar surface area (TPSA) is 36.4 Å². The molecule has 0 amide bonds. The first kappa shape index (κ1) is 30.9.